The summed E-state index contributed by atoms with van der Waals surface area (Å²) in [7, 11) is 0. The summed E-state index contributed by atoms with van der Waals surface area (Å²) in [5, 5.41) is 0. The molecule has 0 N–H and O–H groups in total. The highest BCUT2D eigenvalue weighted by Crippen LogP contribution is 1.76. The zero-order valence-electron chi connectivity index (χ0n) is 4.79. The monoisotopic (exact) mass is 198 g/mol. The first kappa shape index (κ1) is 9.88. The number of unbranched alkanes of at least 4 members (excludes halogenated alkanes) is 1. The van der Waals surface area contributed by atoms with Crippen LogP contribution < -0.4 is 0 Å². The number of hydrogen-bond acceptors (Lipinski definition) is 0. The zero-order chi connectivity index (χ0) is 5.41. The predicted octanol–water partition coefficient (Wildman–Crippen LogP) is 2.86. The van der Waals surface area contributed by atoms with Crippen molar-refractivity contribution < 1.29 is 0 Å². The minimum atomic E-state index is 1.32. The van der Waals surface area contributed by atoms with Crippen molar-refractivity contribution in [1.82, 2.24) is 0 Å². The molecule has 0 aromatic heterocycles. The lowest BCUT2D eigenvalue weighted by molar-refractivity contribution is 0.886. The molecule has 6 heavy (non-hydrogen) atoms. The molecule has 1 heteroatoms. The molecule has 0 heterocycles. The number of alkyl halides is 1. The summed E-state index contributed by atoms with van der Waals surface area (Å²) in [6.07, 6.45) is 2.64. The van der Waals surface area contributed by atoms with Gasteiger partial charge in [0.15, 0.2) is 0 Å². The van der Waals surface area contributed by atoms with E-state index in [1.165, 1.54) is 12.8 Å². The summed E-state index contributed by atoms with van der Waals surface area (Å²) in [5.74, 6) is 0. The molecule has 0 aromatic carbocycles. The molecular weight excluding hydrogens is 185 g/mol. The van der Waals surface area contributed by atoms with E-state index in [9.17, 15) is 0 Å². The van der Waals surface area contributed by atoms with E-state index in [0.29, 0.717) is 0 Å². The molecule has 0 fully saturated rings. The molecule has 0 aliphatic rings. The van der Waals surface area contributed by atoms with Gasteiger partial charge in [0.05, 0.1) is 0 Å². The molecule has 0 nitrogen and oxygen atoms in total. The van der Waals surface area contributed by atoms with E-state index in [0.717, 1.165) is 0 Å². The summed E-state index contributed by atoms with van der Waals surface area (Å²) in [5.41, 5.74) is 0. The Hall–Kier alpha value is 0.730. The maximum Gasteiger partial charge on any atom is -0.0121 e. The molecule has 0 atom stereocenters. The maximum atomic E-state index is 2.18. The van der Waals surface area contributed by atoms with Gasteiger partial charge in [-0.15, -0.1) is 0 Å². The van der Waals surface area contributed by atoms with E-state index < -0.39 is 0 Å². The molecule has 0 aliphatic heterocycles. The number of halogens is 1. The van der Waals surface area contributed by atoms with Gasteiger partial charge >= 0.3 is 0 Å². The van der Waals surface area contributed by atoms with Gasteiger partial charge in [-0.2, -0.15) is 0 Å². The highest BCUT2D eigenvalue weighted by Gasteiger charge is 1.56. The van der Waals surface area contributed by atoms with Gasteiger partial charge in [0.2, 0.25) is 0 Å². The first-order chi connectivity index (χ1) is 2.91. The van der Waals surface area contributed by atoms with Crippen LogP contribution >= 0.6 is 22.6 Å². The van der Waals surface area contributed by atoms with Crippen LogP contribution in [0.1, 0.15) is 26.7 Å². The lowest BCUT2D eigenvalue weighted by Gasteiger charge is -1.68. The zero-order valence-corrected chi connectivity index (χ0v) is 6.95. The third-order valence-electron chi connectivity index (χ3n) is 0.500. The van der Waals surface area contributed by atoms with E-state index in [4.69, 9.17) is 0 Å². The molecule has 40 valence electrons. The summed E-state index contributed by atoms with van der Waals surface area (Å²) >= 11 is 2.15. The fraction of sp³-hybridized carbons (Fsp3) is 1.00. The molecule has 0 saturated heterocycles. The average molecular weight is 198 g/mol. The van der Waals surface area contributed by atoms with Crippen molar-refractivity contribution in [2.75, 3.05) is 4.93 Å². The Bertz CT molecular complexity index is 5.90. The Morgan fingerprint density at radius 3 is 1.17 bits per heavy atom. The van der Waals surface area contributed by atoms with Gasteiger partial charge < -0.3 is 0 Å². The van der Waals surface area contributed by atoms with Gasteiger partial charge in [0.1, 0.15) is 0 Å². The third-order valence-corrected chi connectivity index (χ3v) is 0.500. The molecule has 0 bridgehead atoms. The van der Waals surface area contributed by atoms with Crippen LogP contribution in [-0.2, 0) is 0 Å². The Morgan fingerprint density at radius 1 is 1.00 bits per heavy atom. The van der Waals surface area contributed by atoms with Crippen LogP contribution in [0, 0.1) is 0 Å². The SMILES string of the molecule is CCCC.C[125I]. The van der Waals surface area contributed by atoms with Gasteiger partial charge in [-0.05, 0) is 4.93 Å². The first-order valence-electron chi connectivity index (χ1n) is 2.29. The van der Waals surface area contributed by atoms with Crippen molar-refractivity contribution in [1.29, 1.82) is 0 Å². The van der Waals surface area contributed by atoms with Gasteiger partial charge in [-0.25, -0.2) is 0 Å². The van der Waals surface area contributed by atoms with Crippen LogP contribution in [0.25, 0.3) is 0 Å². The van der Waals surface area contributed by atoms with Crippen molar-refractivity contribution in [2.24, 2.45) is 0 Å². The van der Waals surface area contributed by atoms with Gasteiger partial charge in [0, 0.05) is 0 Å². The van der Waals surface area contributed by atoms with E-state index >= 15 is 0 Å². The van der Waals surface area contributed by atoms with Gasteiger partial charge in [0.25, 0.3) is 0 Å². The summed E-state index contributed by atoms with van der Waals surface area (Å²) in [4.78, 5) is 1.97. The summed E-state index contributed by atoms with van der Waals surface area (Å²) < 4.78 is 0. The Labute approximate surface area is 54.5 Å². The van der Waals surface area contributed by atoms with Crippen LogP contribution in [0.4, 0.5) is 0 Å². The van der Waals surface area contributed by atoms with E-state index in [1.54, 1.807) is 0 Å². The second-order valence-electron chi connectivity index (χ2n) is 1.000. The normalized spacial score (nSPS) is 6.00. The number of rotatable bonds is 1. The van der Waals surface area contributed by atoms with Crippen LogP contribution in [-0.4, -0.2) is 4.93 Å². The second-order valence-corrected chi connectivity index (χ2v) is 1.000. The lowest BCUT2D eigenvalue weighted by Crippen LogP contribution is -1.47. The fourth-order valence-corrected chi connectivity index (χ4v) is 0. The Balaban J connectivity index is 0. The van der Waals surface area contributed by atoms with Crippen molar-refractivity contribution in [3.05, 3.63) is 0 Å². The quantitative estimate of drug-likeness (QED) is 0.449. The van der Waals surface area contributed by atoms with Crippen LogP contribution in [0.5, 0.6) is 0 Å². The van der Waals surface area contributed by atoms with E-state index in [-0.39, 0.29) is 0 Å². The smallest absolute Gasteiger partial charge is 0.0121 e. The molecular formula is C5H13I. The topological polar surface area (TPSA) is 0 Å². The van der Waals surface area contributed by atoms with Crippen molar-refractivity contribution in [3.63, 3.8) is 0 Å². The fourth-order valence-electron chi connectivity index (χ4n) is 0. The maximum absolute atomic E-state index is 2.18. The lowest BCUT2D eigenvalue weighted by atomic mass is 10.4. The largest absolute Gasteiger partial charge is 0.0901 e. The highest BCUT2D eigenvalue weighted by molar-refractivity contribution is 14.1. The molecule has 0 spiro atoms. The molecule has 0 rings (SSSR count). The Kier molecular flexibility index (Phi) is 28.3. The van der Waals surface area contributed by atoms with Crippen LogP contribution in [0.3, 0.4) is 0 Å². The van der Waals surface area contributed by atoms with Gasteiger partial charge in [-0.1, -0.05) is 49.3 Å². The minimum Gasteiger partial charge on any atom is -0.0901 e. The van der Waals surface area contributed by atoms with Crippen molar-refractivity contribution in [3.8, 4) is 0 Å². The molecule has 0 aromatic rings. The third kappa shape index (κ3) is 22.0. The van der Waals surface area contributed by atoms with Crippen molar-refractivity contribution >= 4 is 22.6 Å². The molecule has 0 radical (unpaired) electrons. The minimum absolute atomic E-state index is 1.32. The van der Waals surface area contributed by atoms with Crippen LogP contribution in [0.15, 0.2) is 0 Å². The van der Waals surface area contributed by atoms with E-state index in [2.05, 4.69) is 36.4 Å². The molecule has 0 unspecified atom stereocenters. The molecule has 0 aliphatic carbocycles. The summed E-state index contributed by atoms with van der Waals surface area (Å²) in [6, 6.07) is 0. The van der Waals surface area contributed by atoms with Crippen LogP contribution in [0.2, 0.25) is 0 Å². The number of hydrogen-bond donors (Lipinski definition) is 0. The molecule has 0 saturated carbocycles. The first-order valence-corrected chi connectivity index (χ1v) is 4.45. The average Bonchev–Trinajstić information content (AvgIpc) is 1.72. The van der Waals surface area contributed by atoms with Gasteiger partial charge in [-0.3, -0.25) is 0 Å². The summed E-state index contributed by atoms with van der Waals surface area (Å²) in [6.45, 7) is 4.36. The standard InChI is InChI=1S/C4H10.CH3I/c1-3-4-2;1-2/h3-4H2,1-2H3;1H3/i;2-2. The predicted molar refractivity (Wildman–Crippen MR) is 40.5 cm³/mol. The molecule has 0 amide bonds. The Morgan fingerprint density at radius 2 is 1.17 bits per heavy atom. The highest BCUT2D eigenvalue weighted by atomic mass is 125. The van der Waals surface area contributed by atoms with Crippen molar-refractivity contribution in [2.45, 2.75) is 26.7 Å². The second kappa shape index (κ2) is 17.2. The van der Waals surface area contributed by atoms with E-state index in [1.807, 2.05) is 4.93 Å².